The fourth-order valence-electron chi connectivity index (χ4n) is 2.78. The second-order valence-electron chi connectivity index (χ2n) is 6.43. The zero-order valence-corrected chi connectivity index (χ0v) is 13.2. The SMILES string of the molecule is CC(CO)(CO)NC(=O)[C@@H]1CCCN(Cc2ccccc2)C1. The predicted octanol–water partition coefficient (Wildman–Crippen LogP) is 0.758. The third kappa shape index (κ3) is 4.53. The predicted molar refractivity (Wildman–Crippen MR) is 85.2 cm³/mol. The number of aliphatic hydroxyl groups excluding tert-OH is 2. The highest BCUT2D eigenvalue weighted by atomic mass is 16.3. The smallest absolute Gasteiger partial charge is 0.224 e. The number of nitrogens with one attached hydrogen (secondary N) is 1. The highest BCUT2D eigenvalue weighted by Gasteiger charge is 2.31. The molecule has 0 aliphatic carbocycles. The van der Waals surface area contributed by atoms with Crippen LogP contribution in [-0.2, 0) is 11.3 Å². The largest absolute Gasteiger partial charge is 0.394 e. The van der Waals surface area contributed by atoms with Crippen LogP contribution in [0.1, 0.15) is 25.3 Å². The lowest BCUT2D eigenvalue weighted by atomic mass is 9.94. The molecule has 1 saturated heterocycles. The monoisotopic (exact) mass is 306 g/mol. The number of amides is 1. The van der Waals surface area contributed by atoms with E-state index in [1.54, 1.807) is 6.92 Å². The second kappa shape index (κ2) is 7.72. The minimum Gasteiger partial charge on any atom is -0.394 e. The molecule has 1 amide bonds. The summed E-state index contributed by atoms with van der Waals surface area (Å²) in [5.74, 6) is -0.168. The number of likely N-dealkylation sites (tertiary alicyclic amines) is 1. The number of benzene rings is 1. The Bertz CT molecular complexity index is 474. The summed E-state index contributed by atoms with van der Waals surface area (Å²) < 4.78 is 0. The van der Waals surface area contributed by atoms with Crippen LogP contribution in [0, 0.1) is 5.92 Å². The lowest BCUT2D eigenvalue weighted by Crippen LogP contribution is -2.55. The fraction of sp³-hybridized carbons (Fsp3) is 0.588. The van der Waals surface area contributed by atoms with Crippen molar-refractivity contribution in [1.29, 1.82) is 0 Å². The van der Waals surface area contributed by atoms with E-state index in [0.29, 0.717) is 6.54 Å². The van der Waals surface area contributed by atoms with E-state index in [9.17, 15) is 15.0 Å². The van der Waals surface area contributed by atoms with E-state index in [1.165, 1.54) is 5.56 Å². The molecular weight excluding hydrogens is 280 g/mol. The van der Waals surface area contributed by atoms with E-state index in [2.05, 4.69) is 22.3 Å². The molecule has 1 aromatic carbocycles. The van der Waals surface area contributed by atoms with E-state index in [1.807, 2.05) is 18.2 Å². The number of carbonyl (C=O) groups is 1. The van der Waals surface area contributed by atoms with Crippen LogP contribution in [0.15, 0.2) is 30.3 Å². The van der Waals surface area contributed by atoms with Crippen molar-refractivity contribution in [2.75, 3.05) is 26.3 Å². The molecule has 2 rings (SSSR count). The molecule has 5 nitrogen and oxygen atoms in total. The van der Waals surface area contributed by atoms with Crippen LogP contribution in [0.25, 0.3) is 0 Å². The van der Waals surface area contributed by atoms with Crippen LogP contribution < -0.4 is 5.32 Å². The molecule has 0 spiro atoms. The van der Waals surface area contributed by atoms with Crippen molar-refractivity contribution in [2.24, 2.45) is 5.92 Å². The Morgan fingerprint density at radius 3 is 2.64 bits per heavy atom. The summed E-state index contributed by atoms with van der Waals surface area (Å²) in [6.07, 6.45) is 1.84. The van der Waals surface area contributed by atoms with E-state index >= 15 is 0 Å². The third-order valence-corrected chi connectivity index (χ3v) is 4.25. The van der Waals surface area contributed by atoms with Crippen LogP contribution in [0.5, 0.6) is 0 Å². The summed E-state index contributed by atoms with van der Waals surface area (Å²) in [4.78, 5) is 14.7. The van der Waals surface area contributed by atoms with Crippen molar-refractivity contribution < 1.29 is 15.0 Å². The molecule has 5 heteroatoms. The topological polar surface area (TPSA) is 72.8 Å². The van der Waals surface area contributed by atoms with Crippen molar-refractivity contribution in [3.05, 3.63) is 35.9 Å². The number of hydrogen-bond acceptors (Lipinski definition) is 4. The van der Waals surface area contributed by atoms with Gasteiger partial charge in [0.25, 0.3) is 0 Å². The second-order valence-corrected chi connectivity index (χ2v) is 6.43. The molecule has 1 aliphatic heterocycles. The van der Waals surface area contributed by atoms with Gasteiger partial charge in [0.2, 0.25) is 5.91 Å². The normalized spacial score (nSPS) is 19.9. The van der Waals surface area contributed by atoms with Gasteiger partial charge in [-0.15, -0.1) is 0 Å². The molecule has 3 N–H and O–H groups in total. The maximum Gasteiger partial charge on any atom is 0.224 e. The zero-order valence-electron chi connectivity index (χ0n) is 13.2. The Balaban J connectivity index is 1.91. The first-order valence-corrected chi connectivity index (χ1v) is 7.86. The van der Waals surface area contributed by atoms with Gasteiger partial charge in [0.15, 0.2) is 0 Å². The average Bonchev–Trinajstić information content (AvgIpc) is 2.56. The molecule has 1 heterocycles. The number of carbonyl (C=O) groups excluding carboxylic acids is 1. The van der Waals surface area contributed by atoms with Gasteiger partial charge in [-0.25, -0.2) is 0 Å². The highest BCUT2D eigenvalue weighted by molar-refractivity contribution is 5.79. The van der Waals surface area contributed by atoms with E-state index in [4.69, 9.17) is 0 Å². The average molecular weight is 306 g/mol. The van der Waals surface area contributed by atoms with Crippen LogP contribution in [0.3, 0.4) is 0 Å². The van der Waals surface area contributed by atoms with Gasteiger partial charge in [0.1, 0.15) is 0 Å². The van der Waals surface area contributed by atoms with Gasteiger partial charge in [-0.05, 0) is 31.9 Å². The molecule has 1 aliphatic rings. The van der Waals surface area contributed by atoms with Crippen molar-refractivity contribution in [1.82, 2.24) is 10.2 Å². The molecule has 0 unspecified atom stereocenters. The highest BCUT2D eigenvalue weighted by Crippen LogP contribution is 2.19. The van der Waals surface area contributed by atoms with E-state index < -0.39 is 5.54 Å². The van der Waals surface area contributed by atoms with Gasteiger partial charge in [-0.2, -0.15) is 0 Å². The third-order valence-electron chi connectivity index (χ3n) is 4.25. The van der Waals surface area contributed by atoms with Crippen molar-refractivity contribution in [3.63, 3.8) is 0 Å². The van der Waals surface area contributed by atoms with Gasteiger partial charge < -0.3 is 15.5 Å². The first-order valence-electron chi connectivity index (χ1n) is 7.86. The number of piperidine rings is 1. The standard InChI is InChI=1S/C17H26N2O3/c1-17(12-20,13-21)18-16(22)15-8-5-9-19(11-15)10-14-6-3-2-4-7-14/h2-4,6-7,15,20-21H,5,8-13H2,1H3,(H,18,22)/t15-/m1/s1. The van der Waals surface area contributed by atoms with Crippen LogP contribution in [0.2, 0.25) is 0 Å². The summed E-state index contributed by atoms with van der Waals surface area (Å²) >= 11 is 0. The molecular formula is C17H26N2O3. The molecule has 0 radical (unpaired) electrons. The fourth-order valence-corrected chi connectivity index (χ4v) is 2.78. The first kappa shape index (κ1) is 16.9. The minimum absolute atomic E-state index is 0.0802. The van der Waals surface area contributed by atoms with Gasteiger partial charge in [-0.1, -0.05) is 30.3 Å². The Hall–Kier alpha value is -1.43. The molecule has 0 saturated carbocycles. The molecule has 1 atom stereocenters. The van der Waals surface area contributed by atoms with E-state index in [-0.39, 0.29) is 25.0 Å². The Morgan fingerprint density at radius 2 is 2.00 bits per heavy atom. The van der Waals surface area contributed by atoms with Crippen LogP contribution >= 0.6 is 0 Å². The number of rotatable bonds is 6. The van der Waals surface area contributed by atoms with Gasteiger partial charge in [0, 0.05) is 13.1 Å². The molecule has 0 aromatic heterocycles. The zero-order chi connectivity index (χ0) is 16.0. The molecule has 122 valence electrons. The van der Waals surface area contributed by atoms with Crippen LogP contribution in [0.4, 0.5) is 0 Å². The Kier molecular flexibility index (Phi) is 5.94. The summed E-state index contributed by atoms with van der Waals surface area (Å²) in [6, 6.07) is 10.2. The number of hydrogen-bond donors (Lipinski definition) is 3. The first-order chi connectivity index (χ1) is 10.6. The Morgan fingerprint density at radius 1 is 1.32 bits per heavy atom. The Labute approximate surface area is 131 Å². The van der Waals surface area contributed by atoms with Crippen LogP contribution in [-0.4, -0.2) is 52.9 Å². The summed E-state index contributed by atoms with van der Waals surface area (Å²) in [5, 5.41) is 21.4. The summed E-state index contributed by atoms with van der Waals surface area (Å²) in [7, 11) is 0. The maximum absolute atomic E-state index is 12.4. The quantitative estimate of drug-likeness (QED) is 0.725. The lowest BCUT2D eigenvalue weighted by molar-refractivity contribution is -0.129. The van der Waals surface area contributed by atoms with Gasteiger partial charge >= 0.3 is 0 Å². The molecule has 22 heavy (non-hydrogen) atoms. The van der Waals surface area contributed by atoms with E-state index in [0.717, 1.165) is 25.9 Å². The number of nitrogens with zero attached hydrogens (tertiary/aromatic N) is 1. The summed E-state index contributed by atoms with van der Waals surface area (Å²) in [5.41, 5.74) is 0.304. The lowest BCUT2D eigenvalue weighted by Gasteiger charge is -2.34. The van der Waals surface area contributed by atoms with Crippen molar-refractivity contribution in [3.8, 4) is 0 Å². The van der Waals surface area contributed by atoms with Crippen molar-refractivity contribution in [2.45, 2.75) is 31.8 Å². The summed E-state index contributed by atoms with van der Waals surface area (Å²) in [6.45, 7) is 3.67. The minimum atomic E-state index is -0.946. The maximum atomic E-state index is 12.4. The van der Waals surface area contributed by atoms with Gasteiger partial charge in [0.05, 0.1) is 24.7 Å². The van der Waals surface area contributed by atoms with Gasteiger partial charge in [-0.3, -0.25) is 9.69 Å². The molecule has 1 aromatic rings. The molecule has 1 fully saturated rings. The number of aliphatic hydroxyl groups is 2. The molecule has 0 bridgehead atoms. The van der Waals surface area contributed by atoms with Crippen molar-refractivity contribution >= 4 is 5.91 Å².